The number of carbonyl (C=O) groups excluding carboxylic acids is 1. The summed E-state index contributed by atoms with van der Waals surface area (Å²) in [7, 11) is 1.75. The van der Waals surface area contributed by atoms with Crippen LogP contribution in [0.4, 0.5) is 0 Å². The third kappa shape index (κ3) is 3.88. The topological polar surface area (TPSA) is 52.3 Å². The lowest BCUT2D eigenvalue weighted by atomic mass is 9.77. The molecule has 0 radical (unpaired) electrons. The van der Waals surface area contributed by atoms with Gasteiger partial charge < -0.3 is 10.5 Å². The second kappa shape index (κ2) is 8.75. The zero-order chi connectivity index (χ0) is 16.2. The average molecular weight is 352 g/mol. The Kier molecular flexibility index (Phi) is 6.97. The molecule has 2 saturated carbocycles. The van der Waals surface area contributed by atoms with Crippen molar-refractivity contribution >= 4 is 18.3 Å². The molecule has 3 rings (SSSR count). The van der Waals surface area contributed by atoms with Gasteiger partial charge >= 0.3 is 0 Å². The van der Waals surface area contributed by atoms with Crippen LogP contribution in [0.1, 0.15) is 97.5 Å². The van der Waals surface area contributed by atoms with E-state index in [1.54, 1.807) is 7.11 Å². The summed E-state index contributed by atoms with van der Waals surface area (Å²) in [6.45, 7) is 0. The molecule has 3 nitrogen and oxygen atoms in total. The SMILES string of the molecule is COc1c(C2CCCCC2)ccc(C(N)=O)c1C1CCCCC1.Cl. The third-order valence-electron chi connectivity index (χ3n) is 5.75. The molecule has 0 bridgehead atoms. The molecule has 0 spiro atoms. The third-order valence-corrected chi connectivity index (χ3v) is 5.75. The lowest BCUT2D eigenvalue weighted by Crippen LogP contribution is -2.19. The van der Waals surface area contributed by atoms with Crippen LogP contribution in [0.25, 0.3) is 0 Å². The minimum atomic E-state index is -0.320. The number of ether oxygens (including phenoxy) is 1. The van der Waals surface area contributed by atoms with Crippen LogP contribution in [-0.2, 0) is 0 Å². The van der Waals surface area contributed by atoms with Crippen molar-refractivity contribution in [2.75, 3.05) is 7.11 Å². The van der Waals surface area contributed by atoms with Crippen LogP contribution in [0, 0.1) is 0 Å². The van der Waals surface area contributed by atoms with Crippen LogP contribution in [0.3, 0.4) is 0 Å². The number of nitrogens with two attached hydrogens (primary N) is 1. The van der Waals surface area contributed by atoms with Gasteiger partial charge in [-0.05, 0) is 49.1 Å². The molecule has 2 N–H and O–H groups in total. The molecule has 0 aliphatic heterocycles. The van der Waals surface area contributed by atoms with Crippen LogP contribution in [0.15, 0.2) is 12.1 Å². The van der Waals surface area contributed by atoms with E-state index in [4.69, 9.17) is 10.5 Å². The monoisotopic (exact) mass is 351 g/mol. The second-order valence-electron chi connectivity index (χ2n) is 7.18. The molecular weight excluding hydrogens is 322 g/mol. The summed E-state index contributed by atoms with van der Waals surface area (Å²) in [5.41, 5.74) is 8.76. The van der Waals surface area contributed by atoms with Gasteiger partial charge in [-0.15, -0.1) is 12.4 Å². The van der Waals surface area contributed by atoms with Crippen molar-refractivity contribution < 1.29 is 9.53 Å². The highest BCUT2D eigenvalue weighted by molar-refractivity contribution is 5.95. The van der Waals surface area contributed by atoms with Crippen LogP contribution in [0.5, 0.6) is 5.75 Å². The Morgan fingerprint density at radius 1 is 0.958 bits per heavy atom. The number of hydrogen-bond acceptors (Lipinski definition) is 2. The van der Waals surface area contributed by atoms with Gasteiger partial charge in [0.05, 0.1) is 7.11 Å². The maximum absolute atomic E-state index is 12.0. The van der Waals surface area contributed by atoms with E-state index in [0.29, 0.717) is 17.4 Å². The number of benzene rings is 1. The summed E-state index contributed by atoms with van der Waals surface area (Å²) in [6, 6.07) is 4.06. The van der Waals surface area contributed by atoms with Crippen molar-refractivity contribution in [3.05, 3.63) is 28.8 Å². The number of methoxy groups -OCH3 is 1. The molecule has 0 unspecified atom stereocenters. The lowest BCUT2D eigenvalue weighted by molar-refractivity contribution is 0.0998. The Balaban J connectivity index is 0.00000208. The first-order chi connectivity index (χ1) is 11.2. The summed E-state index contributed by atoms with van der Waals surface area (Å²) < 4.78 is 5.87. The Hall–Kier alpha value is -1.22. The normalized spacial score (nSPS) is 19.5. The van der Waals surface area contributed by atoms with Gasteiger partial charge in [-0.3, -0.25) is 4.79 Å². The van der Waals surface area contributed by atoms with E-state index >= 15 is 0 Å². The van der Waals surface area contributed by atoms with E-state index in [1.807, 2.05) is 6.07 Å². The smallest absolute Gasteiger partial charge is 0.249 e. The minimum absolute atomic E-state index is 0. The zero-order valence-corrected chi connectivity index (χ0v) is 15.5. The van der Waals surface area contributed by atoms with Crippen molar-refractivity contribution in [3.8, 4) is 5.75 Å². The molecule has 24 heavy (non-hydrogen) atoms. The van der Waals surface area contributed by atoms with E-state index in [1.165, 1.54) is 56.9 Å². The molecule has 2 aliphatic rings. The highest BCUT2D eigenvalue weighted by Crippen LogP contribution is 2.45. The quantitative estimate of drug-likeness (QED) is 0.798. The van der Waals surface area contributed by atoms with E-state index in [9.17, 15) is 4.79 Å². The summed E-state index contributed by atoms with van der Waals surface area (Å²) in [5.74, 6) is 1.63. The summed E-state index contributed by atoms with van der Waals surface area (Å²) in [6.07, 6.45) is 12.5. The van der Waals surface area contributed by atoms with Crippen LogP contribution in [-0.4, -0.2) is 13.0 Å². The largest absolute Gasteiger partial charge is 0.496 e. The number of halogens is 1. The van der Waals surface area contributed by atoms with E-state index in [0.717, 1.165) is 24.2 Å². The van der Waals surface area contributed by atoms with Gasteiger partial charge in [0.2, 0.25) is 5.91 Å². The molecular formula is C20H30ClNO2. The molecule has 0 atom stereocenters. The molecule has 0 saturated heterocycles. The molecule has 4 heteroatoms. The van der Waals surface area contributed by atoms with Crippen molar-refractivity contribution in [2.24, 2.45) is 5.73 Å². The zero-order valence-electron chi connectivity index (χ0n) is 14.7. The summed E-state index contributed by atoms with van der Waals surface area (Å²) >= 11 is 0. The Morgan fingerprint density at radius 2 is 1.50 bits per heavy atom. The lowest BCUT2D eigenvalue weighted by Gasteiger charge is -2.30. The molecule has 0 heterocycles. The predicted molar refractivity (Wildman–Crippen MR) is 100 cm³/mol. The first-order valence-corrected chi connectivity index (χ1v) is 9.23. The molecule has 1 aromatic rings. The average Bonchev–Trinajstić information content (AvgIpc) is 2.61. The Bertz CT molecular complexity index is 561. The number of rotatable bonds is 4. The second-order valence-corrected chi connectivity index (χ2v) is 7.18. The van der Waals surface area contributed by atoms with Gasteiger partial charge in [0, 0.05) is 11.1 Å². The first-order valence-electron chi connectivity index (χ1n) is 9.23. The van der Waals surface area contributed by atoms with Gasteiger partial charge in [0.15, 0.2) is 0 Å². The van der Waals surface area contributed by atoms with Crippen molar-refractivity contribution in [1.29, 1.82) is 0 Å². The summed E-state index contributed by atoms with van der Waals surface area (Å²) in [4.78, 5) is 12.0. The maximum Gasteiger partial charge on any atom is 0.249 e. The molecule has 1 amide bonds. The number of amides is 1. The number of hydrogen-bond donors (Lipinski definition) is 1. The molecule has 1 aromatic carbocycles. The van der Waals surface area contributed by atoms with Gasteiger partial charge in [-0.2, -0.15) is 0 Å². The fourth-order valence-electron chi connectivity index (χ4n) is 4.59. The highest BCUT2D eigenvalue weighted by atomic mass is 35.5. The Morgan fingerprint density at radius 3 is 2.00 bits per heavy atom. The van der Waals surface area contributed by atoms with Crippen LogP contribution >= 0.6 is 12.4 Å². The van der Waals surface area contributed by atoms with E-state index in [-0.39, 0.29) is 18.3 Å². The predicted octanol–water partition coefficient (Wildman–Crippen LogP) is 5.31. The molecule has 0 aromatic heterocycles. The summed E-state index contributed by atoms with van der Waals surface area (Å²) in [5, 5.41) is 0. The highest BCUT2D eigenvalue weighted by Gasteiger charge is 2.28. The van der Waals surface area contributed by atoms with Gasteiger partial charge in [0.1, 0.15) is 5.75 Å². The van der Waals surface area contributed by atoms with Crippen molar-refractivity contribution in [3.63, 3.8) is 0 Å². The number of primary amides is 1. The standard InChI is InChI=1S/C20H29NO2.ClH/c1-23-19-16(14-8-4-2-5-9-14)12-13-17(20(21)22)18(19)15-10-6-3-7-11-15;/h12-15H,2-11H2,1H3,(H2,21,22);1H. The molecule has 2 fully saturated rings. The van der Waals surface area contributed by atoms with Gasteiger partial charge in [0.25, 0.3) is 0 Å². The van der Waals surface area contributed by atoms with Gasteiger partial charge in [-0.25, -0.2) is 0 Å². The Labute approximate surface area is 151 Å². The number of carbonyl (C=O) groups is 1. The van der Waals surface area contributed by atoms with Crippen LogP contribution < -0.4 is 10.5 Å². The minimum Gasteiger partial charge on any atom is -0.496 e. The van der Waals surface area contributed by atoms with E-state index in [2.05, 4.69) is 6.07 Å². The fourth-order valence-corrected chi connectivity index (χ4v) is 4.59. The van der Waals surface area contributed by atoms with Crippen molar-refractivity contribution in [1.82, 2.24) is 0 Å². The van der Waals surface area contributed by atoms with Gasteiger partial charge in [-0.1, -0.05) is 44.6 Å². The first kappa shape index (κ1) is 19.1. The molecule has 134 valence electrons. The maximum atomic E-state index is 12.0. The van der Waals surface area contributed by atoms with Crippen molar-refractivity contribution in [2.45, 2.75) is 76.0 Å². The molecule has 2 aliphatic carbocycles. The van der Waals surface area contributed by atoms with E-state index < -0.39 is 0 Å². The van der Waals surface area contributed by atoms with Crippen LogP contribution in [0.2, 0.25) is 0 Å². The fraction of sp³-hybridized carbons (Fsp3) is 0.650.